The van der Waals surface area contributed by atoms with Crippen LogP contribution in [0.3, 0.4) is 0 Å². The molecule has 3 aromatic rings. The van der Waals surface area contributed by atoms with Gasteiger partial charge in [0.1, 0.15) is 0 Å². The Labute approximate surface area is 175 Å². The zero-order chi connectivity index (χ0) is 21.1. The highest BCUT2D eigenvalue weighted by molar-refractivity contribution is 7.89. The molecule has 0 saturated carbocycles. The number of hydrogen-bond donors (Lipinski definition) is 2. The molecule has 0 aliphatic carbocycles. The number of nitrogens with zero attached hydrogens (tertiary/aromatic N) is 1. The van der Waals surface area contributed by atoms with Gasteiger partial charge < -0.3 is 10.0 Å². The second-order valence-corrected chi connectivity index (χ2v) is 8.96. The van der Waals surface area contributed by atoms with Crippen LogP contribution < -0.4 is 9.62 Å². The van der Waals surface area contributed by atoms with Crippen molar-refractivity contribution in [2.75, 3.05) is 4.90 Å². The SMILES string of the molecule is O=C(O)c1ccc2c(c1)CCC(NS(=O)(=O)c1ccccc1)N2Cc1ccccc1. The number of carboxylic acid groups (broad SMARTS) is 1. The zero-order valence-electron chi connectivity index (χ0n) is 16.2. The van der Waals surface area contributed by atoms with Gasteiger partial charge in [-0.25, -0.2) is 13.2 Å². The van der Waals surface area contributed by atoms with Gasteiger partial charge in [-0.15, -0.1) is 0 Å². The summed E-state index contributed by atoms with van der Waals surface area (Å²) in [4.78, 5) is 13.6. The van der Waals surface area contributed by atoms with Gasteiger partial charge in [0, 0.05) is 12.2 Å². The van der Waals surface area contributed by atoms with Gasteiger partial charge >= 0.3 is 5.97 Å². The number of aryl methyl sites for hydroxylation is 1. The molecular weight excluding hydrogens is 400 g/mol. The molecule has 1 heterocycles. The van der Waals surface area contributed by atoms with Crippen LogP contribution in [-0.4, -0.2) is 25.7 Å². The number of fused-ring (bicyclic) bond motifs is 1. The molecule has 30 heavy (non-hydrogen) atoms. The van der Waals surface area contributed by atoms with E-state index in [-0.39, 0.29) is 10.5 Å². The van der Waals surface area contributed by atoms with Crippen molar-refractivity contribution in [3.8, 4) is 0 Å². The fourth-order valence-electron chi connectivity index (χ4n) is 3.76. The average molecular weight is 423 g/mol. The quantitative estimate of drug-likeness (QED) is 0.633. The van der Waals surface area contributed by atoms with Gasteiger partial charge in [-0.2, -0.15) is 4.72 Å². The summed E-state index contributed by atoms with van der Waals surface area (Å²) in [5.74, 6) is -0.973. The number of anilines is 1. The van der Waals surface area contributed by atoms with Crippen molar-refractivity contribution >= 4 is 21.7 Å². The van der Waals surface area contributed by atoms with Crippen molar-refractivity contribution in [1.29, 1.82) is 0 Å². The Balaban J connectivity index is 1.69. The Hall–Kier alpha value is -3.16. The van der Waals surface area contributed by atoms with Gasteiger partial charge in [0.15, 0.2) is 0 Å². The van der Waals surface area contributed by atoms with E-state index in [2.05, 4.69) is 4.72 Å². The van der Waals surface area contributed by atoms with Crippen LogP contribution in [0, 0.1) is 0 Å². The molecule has 7 heteroatoms. The first-order chi connectivity index (χ1) is 14.4. The first kappa shape index (κ1) is 20.1. The van der Waals surface area contributed by atoms with Crippen LogP contribution in [-0.2, 0) is 23.0 Å². The molecule has 154 valence electrons. The molecule has 2 N–H and O–H groups in total. The van der Waals surface area contributed by atoms with Crippen molar-refractivity contribution in [3.63, 3.8) is 0 Å². The Morgan fingerprint density at radius 1 is 1.00 bits per heavy atom. The molecule has 0 amide bonds. The maximum Gasteiger partial charge on any atom is 0.335 e. The smallest absolute Gasteiger partial charge is 0.335 e. The highest BCUT2D eigenvalue weighted by Gasteiger charge is 2.30. The molecule has 1 aliphatic heterocycles. The van der Waals surface area contributed by atoms with Crippen LogP contribution in [0.2, 0.25) is 0 Å². The maximum atomic E-state index is 12.9. The normalized spacial score (nSPS) is 16.1. The number of benzene rings is 3. The first-order valence-corrected chi connectivity index (χ1v) is 11.2. The summed E-state index contributed by atoms with van der Waals surface area (Å²) in [6, 6.07) is 23.1. The highest BCUT2D eigenvalue weighted by Crippen LogP contribution is 2.33. The fraction of sp³-hybridized carbons (Fsp3) is 0.174. The molecule has 0 fully saturated rings. The van der Waals surface area contributed by atoms with Crippen LogP contribution in [0.5, 0.6) is 0 Å². The van der Waals surface area contributed by atoms with E-state index in [1.165, 1.54) is 0 Å². The maximum absolute atomic E-state index is 12.9. The lowest BCUT2D eigenvalue weighted by Gasteiger charge is -2.39. The number of hydrogen-bond acceptors (Lipinski definition) is 4. The van der Waals surface area contributed by atoms with Gasteiger partial charge in [0.05, 0.1) is 16.6 Å². The third-order valence-corrected chi connectivity index (χ3v) is 6.71. The number of nitrogens with one attached hydrogen (secondary N) is 1. The first-order valence-electron chi connectivity index (χ1n) is 9.68. The molecule has 4 rings (SSSR count). The summed E-state index contributed by atoms with van der Waals surface area (Å²) in [5, 5.41) is 9.31. The summed E-state index contributed by atoms with van der Waals surface area (Å²) < 4.78 is 28.7. The molecule has 6 nitrogen and oxygen atoms in total. The van der Waals surface area contributed by atoms with Crippen molar-refractivity contribution in [3.05, 3.63) is 95.6 Å². The second-order valence-electron chi connectivity index (χ2n) is 7.25. The van der Waals surface area contributed by atoms with E-state index in [9.17, 15) is 18.3 Å². The number of carboxylic acids is 1. The predicted molar refractivity (Wildman–Crippen MR) is 115 cm³/mol. The average Bonchev–Trinajstić information content (AvgIpc) is 2.76. The molecule has 0 radical (unpaired) electrons. The van der Waals surface area contributed by atoms with Gasteiger partial charge in [-0.1, -0.05) is 48.5 Å². The monoisotopic (exact) mass is 422 g/mol. The third kappa shape index (κ3) is 4.22. The minimum absolute atomic E-state index is 0.219. The molecule has 1 atom stereocenters. The Kier molecular flexibility index (Phi) is 5.57. The van der Waals surface area contributed by atoms with E-state index in [0.29, 0.717) is 19.4 Å². The van der Waals surface area contributed by atoms with E-state index in [1.54, 1.807) is 48.5 Å². The number of carbonyl (C=O) groups is 1. The summed E-state index contributed by atoms with van der Waals surface area (Å²) in [7, 11) is -3.70. The van der Waals surface area contributed by atoms with E-state index in [4.69, 9.17) is 0 Å². The summed E-state index contributed by atoms with van der Waals surface area (Å²) in [6.07, 6.45) is 0.678. The van der Waals surface area contributed by atoms with Crippen LogP contribution >= 0.6 is 0 Å². The minimum Gasteiger partial charge on any atom is -0.478 e. The van der Waals surface area contributed by atoms with Gasteiger partial charge in [0.25, 0.3) is 0 Å². The Morgan fingerprint density at radius 3 is 2.33 bits per heavy atom. The Bertz CT molecular complexity index is 1150. The van der Waals surface area contributed by atoms with E-state index in [0.717, 1.165) is 16.8 Å². The molecular formula is C23H22N2O4S. The third-order valence-electron chi connectivity index (χ3n) is 5.24. The van der Waals surface area contributed by atoms with E-state index >= 15 is 0 Å². The van der Waals surface area contributed by atoms with Gasteiger partial charge in [0.2, 0.25) is 10.0 Å². The summed E-state index contributed by atoms with van der Waals surface area (Å²) >= 11 is 0. The summed E-state index contributed by atoms with van der Waals surface area (Å²) in [5.41, 5.74) is 3.02. The van der Waals surface area contributed by atoms with Crippen LogP contribution in [0.1, 0.15) is 27.9 Å². The Morgan fingerprint density at radius 2 is 1.67 bits per heavy atom. The van der Waals surface area contributed by atoms with Crippen molar-refractivity contribution in [2.45, 2.75) is 30.4 Å². The standard InChI is InChI=1S/C23H22N2O4S/c26-23(27)19-11-13-21-18(15-19)12-14-22(25(21)16-17-7-3-1-4-8-17)24-30(28,29)20-9-5-2-6-10-20/h1-11,13,15,22,24H,12,14,16H2,(H,26,27). The molecule has 0 saturated heterocycles. The zero-order valence-corrected chi connectivity index (χ0v) is 17.0. The highest BCUT2D eigenvalue weighted by atomic mass is 32.2. The van der Waals surface area contributed by atoms with Crippen LogP contribution in [0.15, 0.2) is 83.8 Å². The van der Waals surface area contributed by atoms with Crippen molar-refractivity contribution in [1.82, 2.24) is 4.72 Å². The molecule has 3 aromatic carbocycles. The predicted octanol–water partition coefficient (Wildman–Crippen LogP) is 3.64. The lowest BCUT2D eigenvalue weighted by molar-refractivity contribution is 0.0696. The fourth-order valence-corrected chi connectivity index (χ4v) is 5.01. The van der Waals surface area contributed by atoms with E-state index in [1.807, 2.05) is 35.2 Å². The number of sulfonamides is 1. The molecule has 1 unspecified atom stereocenters. The van der Waals surface area contributed by atoms with Crippen LogP contribution in [0.25, 0.3) is 0 Å². The van der Waals surface area contributed by atoms with E-state index < -0.39 is 22.2 Å². The van der Waals surface area contributed by atoms with Gasteiger partial charge in [-0.3, -0.25) is 0 Å². The largest absolute Gasteiger partial charge is 0.478 e. The lowest BCUT2D eigenvalue weighted by Crippen LogP contribution is -2.50. The second kappa shape index (κ2) is 8.30. The topological polar surface area (TPSA) is 86.7 Å². The lowest BCUT2D eigenvalue weighted by atomic mass is 9.97. The molecule has 0 spiro atoms. The minimum atomic E-state index is -3.70. The molecule has 0 aromatic heterocycles. The summed E-state index contributed by atoms with van der Waals surface area (Å²) in [6.45, 7) is 0.502. The van der Waals surface area contributed by atoms with Crippen molar-refractivity contribution < 1.29 is 18.3 Å². The number of aromatic carboxylic acids is 1. The van der Waals surface area contributed by atoms with Crippen LogP contribution in [0.4, 0.5) is 5.69 Å². The van der Waals surface area contributed by atoms with Crippen molar-refractivity contribution in [2.24, 2.45) is 0 Å². The molecule has 1 aliphatic rings. The molecule has 0 bridgehead atoms. The van der Waals surface area contributed by atoms with Gasteiger partial charge in [-0.05, 0) is 54.3 Å². The number of rotatable bonds is 6.